The Morgan fingerprint density at radius 2 is 1.71 bits per heavy atom. The number of phenolic OH excluding ortho intramolecular Hbond substituents is 3. The second-order valence-corrected chi connectivity index (χ2v) is 8.59. The molecular formula is C24H35Br2N3O5. The molecule has 8 nitrogen and oxygen atoms in total. The number of hydrogen-bond acceptors (Lipinski definition) is 7. The number of nitrogens with zero attached hydrogens (tertiary/aromatic N) is 1. The second-order valence-electron chi connectivity index (χ2n) is 8.59. The maximum atomic E-state index is 10.9. The first-order chi connectivity index (χ1) is 15.4. The number of rotatable bonds is 11. The molecule has 0 radical (unpaired) electrons. The highest BCUT2D eigenvalue weighted by Gasteiger charge is 2.29. The molecule has 0 aromatic heterocycles. The van der Waals surface area contributed by atoms with Crippen LogP contribution in [0.25, 0.3) is 0 Å². The minimum absolute atomic E-state index is 0. The van der Waals surface area contributed by atoms with Crippen molar-refractivity contribution in [3.8, 4) is 17.2 Å². The van der Waals surface area contributed by atoms with Gasteiger partial charge in [-0.15, -0.1) is 34.0 Å². The third-order valence-corrected chi connectivity index (χ3v) is 6.39. The number of nitrogens with two attached hydrogens (primary N) is 1. The summed E-state index contributed by atoms with van der Waals surface area (Å²) in [6, 6.07) is 8.05. The average molecular weight is 605 g/mol. The number of hydrogen-bond donors (Lipinski definition) is 5. The first kappa shape index (κ1) is 30.2. The molecule has 0 amide bonds. The maximum absolute atomic E-state index is 10.9. The predicted molar refractivity (Wildman–Crippen MR) is 144 cm³/mol. The van der Waals surface area contributed by atoms with Gasteiger partial charge in [0.25, 0.3) is 0 Å². The fourth-order valence-electron chi connectivity index (χ4n) is 4.56. The molecule has 0 fully saturated rings. The quantitative estimate of drug-likeness (QED) is 0.105. The highest BCUT2D eigenvalue weighted by molar-refractivity contribution is 8.93. The summed E-state index contributed by atoms with van der Waals surface area (Å²) in [7, 11) is 0. The minimum atomic E-state index is -0.572. The molecule has 190 valence electrons. The molecule has 3 rings (SSSR count). The summed E-state index contributed by atoms with van der Waals surface area (Å²) in [6.45, 7) is 1.62. The van der Waals surface area contributed by atoms with Crippen molar-refractivity contribution < 1.29 is 20.2 Å². The summed E-state index contributed by atoms with van der Waals surface area (Å²) < 4.78 is 0. The fourth-order valence-corrected chi connectivity index (χ4v) is 4.56. The van der Waals surface area contributed by atoms with Crippen LogP contribution in [0.2, 0.25) is 0 Å². The number of phenols is 3. The Morgan fingerprint density at radius 3 is 2.44 bits per heavy atom. The van der Waals surface area contributed by atoms with Crippen molar-refractivity contribution in [3.05, 3.63) is 57.1 Å². The smallest absolute Gasteiger partial charge is 0.310 e. The van der Waals surface area contributed by atoms with Gasteiger partial charge in [0.2, 0.25) is 0 Å². The van der Waals surface area contributed by atoms with E-state index in [4.69, 9.17) is 5.73 Å². The van der Waals surface area contributed by atoms with Gasteiger partial charge in [0.15, 0.2) is 17.2 Å². The summed E-state index contributed by atoms with van der Waals surface area (Å²) in [5.41, 5.74) is 8.85. The molecule has 10 heteroatoms. The molecule has 0 heterocycles. The van der Waals surface area contributed by atoms with Crippen LogP contribution in [0.1, 0.15) is 61.1 Å². The highest BCUT2D eigenvalue weighted by Crippen LogP contribution is 2.42. The summed E-state index contributed by atoms with van der Waals surface area (Å²) in [4.78, 5) is 10.3. The summed E-state index contributed by atoms with van der Waals surface area (Å²) >= 11 is 0. The molecule has 0 bridgehead atoms. The van der Waals surface area contributed by atoms with Gasteiger partial charge in [-0.3, -0.25) is 10.1 Å². The van der Waals surface area contributed by atoms with Gasteiger partial charge in [-0.05, 0) is 74.4 Å². The van der Waals surface area contributed by atoms with Crippen LogP contribution in [0.4, 0.5) is 5.69 Å². The lowest BCUT2D eigenvalue weighted by Gasteiger charge is -2.32. The zero-order chi connectivity index (χ0) is 23.1. The molecule has 0 saturated carbocycles. The molecule has 1 aliphatic carbocycles. The van der Waals surface area contributed by atoms with Crippen molar-refractivity contribution in [1.29, 1.82) is 0 Å². The normalized spacial score (nSPS) is 16.7. The van der Waals surface area contributed by atoms with E-state index >= 15 is 0 Å². The van der Waals surface area contributed by atoms with E-state index in [1.54, 1.807) is 12.1 Å². The van der Waals surface area contributed by atoms with Gasteiger partial charge in [-0.1, -0.05) is 31.4 Å². The molecule has 0 spiro atoms. The van der Waals surface area contributed by atoms with Gasteiger partial charge in [0.05, 0.1) is 4.92 Å². The number of aromatic hydroxyl groups is 3. The van der Waals surface area contributed by atoms with Crippen LogP contribution in [-0.4, -0.2) is 39.4 Å². The fraction of sp³-hybridized carbons (Fsp3) is 0.500. The van der Waals surface area contributed by atoms with E-state index in [0.29, 0.717) is 12.8 Å². The van der Waals surface area contributed by atoms with Crippen LogP contribution in [0.5, 0.6) is 17.2 Å². The lowest BCUT2D eigenvalue weighted by Crippen LogP contribution is -2.33. The topological polar surface area (TPSA) is 142 Å². The first-order valence-corrected chi connectivity index (χ1v) is 11.3. The number of benzene rings is 2. The molecule has 0 saturated heterocycles. The van der Waals surface area contributed by atoms with Crippen LogP contribution in [0.15, 0.2) is 30.3 Å². The van der Waals surface area contributed by atoms with E-state index in [9.17, 15) is 25.4 Å². The molecular weight excluding hydrogens is 570 g/mol. The molecule has 2 aromatic carbocycles. The summed E-state index contributed by atoms with van der Waals surface area (Å²) in [5, 5.41) is 43.6. The number of fused-ring (bicyclic) bond motifs is 1. The van der Waals surface area contributed by atoms with E-state index in [2.05, 4.69) is 5.32 Å². The summed E-state index contributed by atoms with van der Waals surface area (Å²) in [5.74, 6) is -0.140. The average Bonchev–Trinajstić information content (AvgIpc) is 2.77. The third-order valence-electron chi connectivity index (χ3n) is 6.39. The van der Waals surface area contributed by atoms with Gasteiger partial charge in [-0.25, -0.2) is 0 Å². The van der Waals surface area contributed by atoms with E-state index < -0.39 is 4.92 Å². The predicted octanol–water partition coefficient (Wildman–Crippen LogP) is 5.01. The molecule has 2 atom stereocenters. The van der Waals surface area contributed by atoms with Gasteiger partial charge < -0.3 is 26.4 Å². The largest absolute Gasteiger partial charge is 0.504 e. The number of nitro groups is 1. The van der Waals surface area contributed by atoms with Crippen LogP contribution in [0, 0.1) is 10.1 Å². The lowest BCUT2D eigenvalue weighted by atomic mass is 9.76. The third kappa shape index (κ3) is 7.83. The zero-order valence-electron chi connectivity index (χ0n) is 19.1. The van der Waals surface area contributed by atoms with Crippen molar-refractivity contribution in [1.82, 2.24) is 5.32 Å². The standard InChI is InChI=1S/C24H33N3O5.2BrH/c25-20-9-7-19-17(8-11-23(29)24(19)30)18(20)5-3-1-2-4-13-26-14-12-16-6-10-22(28)21(15-16)27(31)32;;/h6,8,10-11,15,18,20,26,28-30H,1-5,7,9,12-14,25H2;2*1H. The van der Waals surface area contributed by atoms with E-state index in [0.717, 1.165) is 68.3 Å². The van der Waals surface area contributed by atoms with Crippen LogP contribution in [0.3, 0.4) is 0 Å². The Kier molecular flexibility index (Phi) is 12.9. The molecule has 6 N–H and O–H groups in total. The second kappa shape index (κ2) is 14.5. The number of unbranched alkanes of at least 4 members (excludes halogenated alkanes) is 3. The van der Waals surface area contributed by atoms with Gasteiger partial charge >= 0.3 is 5.69 Å². The zero-order valence-corrected chi connectivity index (χ0v) is 22.5. The Balaban J connectivity index is 0.00000289. The monoisotopic (exact) mass is 603 g/mol. The number of halogens is 2. The van der Waals surface area contributed by atoms with Crippen LogP contribution in [-0.2, 0) is 12.8 Å². The van der Waals surface area contributed by atoms with Crippen molar-refractivity contribution >= 4 is 39.7 Å². The number of nitrogens with one attached hydrogen (secondary N) is 1. The SMILES string of the molecule is Br.Br.NC1CCc2c(ccc(O)c2O)C1CCCCCCNCCc1ccc(O)c([N+](=O)[O-])c1. The van der Waals surface area contributed by atoms with Gasteiger partial charge in [-0.2, -0.15) is 0 Å². The Labute approximate surface area is 221 Å². The van der Waals surface area contributed by atoms with Crippen LogP contribution >= 0.6 is 34.0 Å². The van der Waals surface area contributed by atoms with Gasteiger partial charge in [0, 0.05) is 17.7 Å². The molecule has 0 aliphatic heterocycles. The Bertz CT molecular complexity index is 945. The maximum Gasteiger partial charge on any atom is 0.310 e. The van der Waals surface area contributed by atoms with Crippen LogP contribution < -0.4 is 11.1 Å². The van der Waals surface area contributed by atoms with Crippen molar-refractivity contribution in [2.24, 2.45) is 5.73 Å². The first-order valence-electron chi connectivity index (χ1n) is 11.3. The summed E-state index contributed by atoms with van der Waals surface area (Å²) in [6.07, 6.45) is 7.50. The Morgan fingerprint density at radius 1 is 1.00 bits per heavy atom. The molecule has 2 unspecified atom stereocenters. The van der Waals surface area contributed by atoms with E-state index in [1.165, 1.54) is 12.1 Å². The molecule has 2 aromatic rings. The van der Waals surface area contributed by atoms with E-state index in [1.807, 2.05) is 6.07 Å². The van der Waals surface area contributed by atoms with Crippen molar-refractivity contribution in [3.63, 3.8) is 0 Å². The Hall–Kier alpha value is -1.88. The van der Waals surface area contributed by atoms with E-state index in [-0.39, 0.29) is 68.9 Å². The number of nitro benzene ring substituents is 1. The minimum Gasteiger partial charge on any atom is -0.504 e. The van der Waals surface area contributed by atoms with Crippen molar-refractivity contribution in [2.75, 3.05) is 13.1 Å². The lowest BCUT2D eigenvalue weighted by molar-refractivity contribution is -0.385. The highest BCUT2D eigenvalue weighted by atomic mass is 79.9. The molecule has 1 aliphatic rings. The van der Waals surface area contributed by atoms with Gasteiger partial charge in [0.1, 0.15) is 0 Å². The molecule has 34 heavy (non-hydrogen) atoms. The van der Waals surface area contributed by atoms with Crippen molar-refractivity contribution in [2.45, 2.75) is 63.3 Å².